The summed E-state index contributed by atoms with van der Waals surface area (Å²) < 4.78 is 59.7. The van der Waals surface area contributed by atoms with Gasteiger partial charge in [-0.25, -0.2) is 8.42 Å². The Morgan fingerprint density at radius 3 is 2.20 bits per heavy atom. The number of benzene rings is 1. The predicted molar refractivity (Wildman–Crippen MR) is 73.7 cm³/mol. The molecule has 0 bridgehead atoms. The van der Waals surface area contributed by atoms with E-state index in [2.05, 4.69) is 5.32 Å². The Hall–Kier alpha value is -0.890. The topological polar surface area (TPSA) is 46.2 Å². The predicted octanol–water partition coefficient (Wildman–Crippen LogP) is 3.29. The van der Waals surface area contributed by atoms with E-state index in [0.29, 0.717) is 5.69 Å². The minimum Gasteiger partial charge on any atom is -0.384 e. The van der Waals surface area contributed by atoms with Crippen LogP contribution in [0, 0.1) is 0 Å². The van der Waals surface area contributed by atoms with Crippen LogP contribution in [0.2, 0.25) is 0 Å². The summed E-state index contributed by atoms with van der Waals surface area (Å²) in [7, 11) is -5.26. The van der Waals surface area contributed by atoms with Crippen LogP contribution >= 0.6 is 11.8 Å². The Morgan fingerprint density at radius 2 is 1.80 bits per heavy atom. The van der Waals surface area contributed by atoms with Crippen molar-refractivity contribution in [1.29, 1.82) is 0 Å². The fraction of sp³-hybridized carbons (Fsp3) is 0.500. The summed E-state index contributed by atoms with van der Waals surface area (Å²) in [6.45, 7) is 0.722. The maximum Gasteiger partial charge on any atom is 0.501 e. The lowest BCUT2D eigenvalue weighted by Crippen LogP contribution is -2.23. The molecule has 1 fully saturated rings. The van der Waals surface area contributed by atoms with Crippen molar-refractivity contribution in [3.05, 3.63) is 24.3 Å². The first-order chi connectivity index (χ1) is 9.20. The molecule has 0 atom stereocenters. The zero-order chi connectivity index (χ0) is 15.0. The third-order valence-electron chi connectivity index (χ3n) is 3.32. The molecular formula is C12H14F3NO2S2. The lowest BCUT2D eigenvalue weighted by molar-refractivity contribution is -0.0436. The van der Waals surface area contributed by atoms with Gasteiger partial charge in [0.2, 0.25) is 0 Å². The number of hydrogen-bond donors (Lipinski definition) is 1. The highest BCUT2D eigenvalue weighted by Crippen LogP contribution is 2.47. The van der Waals surface area contributed by atoms with Gasteiger partial charge >= 0.3 is 5.51 Å². The van der Waals surface area contributed by atoms with Crippen LogP contribution in [-0.4, -0.2) is 31.5 Å². The van der Waals surface area contributed by atoms with Gasteiger partial charge in [-0.05, 0) is 43.4 Å². The van der Waals surface area contributed by atoms with Crippen LogP contribution in [0.15, 0.2) is 29.2 Å². The van der Waals surface area contributed by atoms with Gasteiger partial charge < -0.3 is 5.32 Å². The number of thioether (sulfide) groups is 1. The Labute approximate surface area is 119 Å². The molecule has 1 aliphatic rings. The molecule has 1 N–H and O–H groups in total. The monoisotopic (exact) mass is 325 g/mol. The molecule has 3 nitrogen and oxygen atoms in total. The van der Waals surface area contributed by atoms with Crippen molar-refractivity contribution in [2.75, 3.05) is 18.1 Å². The van der Waals surface area contributed by atoms with Gasteiger partial charge in [0.1, 0.15) is 0 Å². The van der Waals surface area contributed by atoms with E-state index in [1.165, 1.54) is 12.1 Å². The van der Waals surface area contributed by atoms with Crippen molar-refractivity contribution in [1.82, 2.24) is 0 Å². The molecule has 1 saturated carbocycles. The molecule has 1 aromatic rings. The molecule has 0 aliphatic heterocycles. The van der Waals surface area contributed by atoms with Crippen molar-refractivity contribution in [2.24, 2.45) is 0 Å². The largest absolute Gasteiger partial charge is 0.501 e. The van der Waals surface area contributed by atoms with Gasteiger partial charge in [0.25, 0.3) is 9.84 Å². The van der Waals surface area contributed by atoms with E-state index in [0.717, 1.165) is 31.5 Å². The number of nitrogens with one attached hydrogen (secondary N) is 1. The second-order valence-corrected chi connectivity index (χ2v) is 7.93. The van der Waals surface area contributed by atoms with E-state index in [1.807, 2.05) is 6.26 Å². The van der Waals surface area contributed by atoms with E-state index in [-0.39, 0.29) is 4.75 Å². The summed E-state index contributed by atoms with van der Waals surface area (Å²) in [6.07, 6.45) is 4.25. The smallest absolute Gasteiger partial charge is 0.384 e. The normalized spacial score (nSPS) is 17.8. The summed E-state index contributed by atoms with van der Waals surface area (Å²) in [5.74, 6) is 0. The molecule has 0 saturated heterocycles. The van der Waals surface area contributed by atoms with Crippen LogP contribution in [-0.2, 0) is 9.84 Å². The molecule has 0 radical (unpaired) electrons. The second-order valence-electron chi connectivity index (χ2n) is 4.71. The van der Waals surface area contributed by atoms with E-state index in [9.17, 15) is 21.6 Å². The molecule has 1 aliphatic carbocycles. The van der Waals surface area contributed by atoms with Gasteiger partial charge in [0.15, 0.2) is 0 Å². The summed E-state index contributed by atoms with van der Waals surface area (Å²) >= 11 is 1.76. The lowest BCUT2D eigenvalue weighted by Gasteiger charge is -2.14. The Morgan fingerprint density at radius 1 is 1.25 bits per heavy atom. The molecule has 0 unspecified atom stereocenters. The maximum absolute atomic E-state index is 12.4. The number of sulfone groups is 1. The minimum atomic E-state index is -5.27. The quantitative estimate of drug-likeness (QED) is 0.902. The van der Waals surface area contributed by atoms with Crippen molar-refractivity contribution in [3.8, 4) is 0 Å². The Kier molecular flexibility index (Phi) is 3.98. The number of rotatable bonds is 5. The molecular weight excluding hydrogens is 311 g/mol. The van der Waals surface area contributed by atoms with Gasteiger partial charge in [-0.2, -0.15) is 24.9 Å². The van der Waals surface area contributed by atoms with Gasteiger partial charge in [-0.1, -0.05) is 0 Å². The van der Waals surface area contributed by atoms with Gasteiger partial charge in [0, 0.05) is 17.0 Å². The third kappa shape index (κ3) is 3.06. The van der Waals surface area contributed by atoms with E-state index in [4.69, 9.17) is 0 Å². The highest BCUT2D eigenvalue weighted by Gasteiger charge is 2.46. The van der Waals surface area contributed by atoms with E-state index < -0.39 is 20.2 Å². The van der Waals surface area contributed by atoms with Crippen LogP contribution < -0.4 is 5.32 Å². The summed E-state index contributed by atoms with van der Waals surface area (Å²) in [6, 6.07) is 4.66. The highest BCUT2D eigenvalue weighted by molar-refractivity contribution is 8.00. The third-order valence-corrected chi connectivity index (χ3v) is 6.25. The fourth-order valence-electron chi connectivity index (χ4n) is 1.74. The van der Waals surface area contributed by atoms with E-state index in [1.54, 1.807) is 11.8 Å². The van der Waals surface area contributed by atoms with E-state index >= 15 is 0 Å². The first-order valence-electron chi connectivity index (χ1n) is 5.91. The molecule has 112 valence electrons. The van der Waals surface area contributed by atoms with Gasteiger partial charge in [-0.3, -0.25) is 0 Å². The van der Waals surface area contributed by atoms with Crippen LogP contribution in [0.1, 0.15) is 12.8 Å². The first-order valence-corrected chi connectivity index (χ1v) is 8.61. The number of anilines is 1. The van der Waals surface area contributed by atoms with Gasteiger partial charge in [0.05, 0.1) is 4.90 Å². The summed E-state index contributed by atoms with van der Waals surface area (Å²) in [5, 5.41) is 3.12. The number of halogens is 3. The van der Waals surface area contributed by atoms with Crippen LogP contribution in [0.5, 0.6) is 0 Å². The standard InChI is InChI=1S/C12H14F3NO2S2/c1-19-11(6-7-11)8-16-9-2-4-10(5-3-9)20(17,18)12(13,14)15/h2-5,16H,6-8H2,1H3. The molecule has 8 heteroatoms. The molecule has 2 rings (SSSR count). The number of hydrogen-bond acceptors (Lipinski definition) is 4. The molecule has 20 heavy (non-hydrogen) atoms. The number of alkyl halides is 3. The molecule has 1 aromatic carbocycles. The summed E-state index contributed by atoms with van der Waals surface area (Å²) in [4.78, 5) is -0.735. The second kappa shape index (κ2) is 5.14. The average Bonchev–Trinajstić information content (AvgIpc) is 3.16. The van der Waals surface area contributed by atoms with Gasteiger partial charge in [-0.15, -0.1) is 0 Å². The SMILES string of the molecule is CSC1(CNc2ccc(S(=O)(=O)C(F)(F)F)cc2)CC1. The highest BCUT2D eigenvalue weighted by atomic mass is 32.2. The van der Waals surface area contributed by atoms with Crippen molar-refractivity contribution in [2.45, 2.75) is 28.0 Å². The fourth-order valence-corrected chi connectivity index (χ4v) is 3.23. The molecule has 0 aromatic heterocycles. The van der Waals surface area contributed by atoms with Crippen LogP contribution in [0.4, 0.5) is 18.9 Å². The molecule has 0 spiro atoms. The first kappa shape index (κ1) is 15.5. The zero-order valence-electron chi connectivity index (χ0n) is 10.7. The van der Waals surface area contributed by atoms with Crippen molar-refractivity contribution >= 4 is 27.3 Å². The van der Waals surface area contributed by atoms with Crippen molar-refractivity contribution < 1.29 is 21.6 Å². The minimum absolute atomic E-state index is 0.219. The average molecular weight is 325 g/mol. The maximum atomic E-state index is 12.4. The van der Waals surface area contributed by atoms with Crippen LogP contribution in [0.3, 0.4) is 0 Å². The summed E-state index contributed by atoms with van der Waals surface area (Å²) in [5.41, 5.74) is -4.65. The zero-order valence-corrected chi connectivity index (χ0v) is 12.3. The Bertz CT molecular complexity index is 578. The van der Waals surface area contributed by atoms with Crippen molar-refractivity contribution in [3.63, 3.8) is 0 Å². The molecule has 0 amide bonds. The van der Waals surface area contributed by atoms with Crippen LogP contribution in [0.25, 0.3) is 0 Å². The molecule has 0 heterocycles. The Balaban J connectivity index is 2.07. The lowest BCUT2D eigenvalue weighted by atomic mass is 10.3.